The first kappa shape index (κ1) is 12.5. The lowest BCUT2D eigenvalue weighted by Crippen LogP contribution is -2.19. The summed E-state index contributed by atoms with van der Waals surface area (Å²) >= 11 is 3.26. The number of carbonyl (C=O) groups is 1. The molecule has 18 heavy (non-hydrogen) atoms. The van der Waals surface area contributed by atoms with Crippen LogP contribution in [0.25, 0.3) is 0 Å². The predicted octanol–water partition coefficient (Wildman–Crippen LogP) is 2.33. The molecule has 0 saturated heterocycles. The largest absolute Gasteiger partial charge is 0.356 e. The van der Waals surface area contributed by atoms with Crippen LogP contribution in [0, 0.1) is 0 Å². The molecule has 0 aliphatic carbocycles. The molecule has 0 unspecified atom stereocenters. The van der Waals surface area contributed by atoms with Gasteiger partial charge in [-0.05, 0) is 41.1 Å². The van der Waals surface area contributed by atoms with Crippen molar-refractivity contribution < 1.29 is 4.79 Å². The number of pyridine rings is 1. The summed E-state index contributed by atoms with van der Waals surface area (Å²) in [5, 5.41) is 4.03. The van der Waals surface area contributed by atoms with Crippen LogP contribution >= 0.6 is 15.9 Å². The number of hydrazone groups is 1. The van der Waals surface area contributed by atoms with Crippen LogP contribution in [0.3, 0.4) is 0 Å². The van der Waals surface area contributed by atoms with Crippen LogP contribution in [0.5, 0.6) is 0 Å². The zero-order valence-corrected chi connectivity index (χ0v) is 11.2. The van der Waals surface area contributed by atoms with Crippen molar-refractivity contribution in [2.45, 2.75) is 6.92 Å². The Morgan fingerprint density at radius 3 is 2.78 bits per heavy atom. The molecule has 2 aromatic heterocycles. The molecule has 0 radical (unpaired) electrons. The van der Waals surface area contributed by atoms with E-state index in [9.17, 15) is 4.79 Å². The third kappa shape index (κ3) is 3.04. The van der Waals surface area contributed by atoms with Gasteiger partial charge in [0.05, 0.1) is 5.71 Å². The van der Waals surface area contributed by atoms with Crippen LogP contribution in [0.15, 0.2) is 46.4 Å². The highest BCUT2D eigenvalue weighted by atomic mass is 79.9. The van der Waals surface area contributed by atoms with Gasteiger partial charge in [0.1, 0.15) is 5.69 Å². The van der Waals surface area contributed by atoms with Gasteiger partial charge in [-0.1, -0.05) is 0 Å². The van der Waals surface area contributed by atoms with Gasteiger partial charge in [0.25, 0.3) is 5.91 Å². The van der Waals surface area contributed by atoms with Gasteiger partial charge in [-0.3, -0.25) is 9.78 Å². The summed E-state index contributed by atoms with van der Waals surface area (Å²) in [7, 11) is 0. The van der Waals surface area contributed by atoms with Gasteiger partial charge < -0.3 is 4.98 Å². The van der Waals surface area contributed by atoms with Crippen LogP contribution in [0.4, 0.5) is 0 Å². The molecule has 6 heteroatoms. The van der Waals surface area contributed by atoms with Crippen molar-refractivity contribution in [2.75, 3.05) is 0 Å². The second-order valence-electron chi connectivity index (χ2n) is 3.61. The van der Waals surface area contributed by atoms with Crippen LogP contribution in [-0.2, 0) is 0 Å². The first-order valence-corrected chi connectivity index (χ1v) is 6.05. The summed E-state index contributed by atoms with van der Waals surface area (Å²) in [5.41, 5.74) is 4.57. The molecule has 0 bridgehead atoms. The van der Waals surface area contributed by atoms with Gasteiger partial charge in [-0.15, -0.1) is 0 Å². The minimum absolute atomic E-state index is 0.283. The highest BCUT2D eigenvalue weighted by Gasteiger charge is 2.06. The number of halogens is 1. The highest BCUT2D eigenvalue weighted by Crippen LogP contribution is 2.10. The maximum absolute atomic E-state index is 11.7. The molecule has 0 saturated carbocycles. The fraction of sp³-hybridized carbons (Fsp3) is 0.0833. The molecule has 2 aromatic rings. The van der Waals surface area contributed by atoms with E-state index in [1.807, 2.05) is 19.1 Å². The average Bonchev–Trinajstić information content (AvgIpc) is 2.83. The number of nitrogens with one attached hydrogen (secondary N) is 2. The van der Waals surface area contributed by atoms with Gasteiger partial charge in [0.15, 0.2) is 0 Å². The zero-order valence-electron chi connectivity index (χ0n) is 9.64. The van der Waals surface area contributed by atoms with Crippen molar-refractivity contribution in [1.82, 2.24) is 15.4 Å². The molecule has 0 spiro atoms. The Kier molecular flexibility index (Phi) is 3.88. The van der Waals surface area contributed by atoms with E-state index in [2.05, 4.69) is 36.4 Å². The second-order valence-corrected chi connectivity index (χ2v) is 4.52. The van der Waals surface area contributed by atoms with E-state index in [4.69, 9.17) is 0 Å². The second kappa shape index (κ2) is 5.59. The number of nitrogens with zero attached hydrogens (tertiary/aromatic N) is 2. The minimum atomic E-state index is -0.283. The summed E-state index contributed by atoms with van der Waals surface area (Å²) < 4.78 is 0.822. The molecule has 0 fully saturated rings. The fourth-order valence-electron chi connectivity index (χ4n) is 1.35. The van der Waals surface area contributed by atoms with Gasteiger partial charge in [-0.2, -0.15) is 5.10 Å². The van der Waals surface area contributed by atoms with Crippen LogP contribution in [0.2, 0.25) is 0 Å². The van der Waals surface area contributed by atoms with E-state index in [0.29, 0.717) is 5.69 Å². The molecule has 1 amide bonds. The number of hydrogen-bond acceptors (Lipinski definition) is 3. The lowest BCUT2D eigenvalue weighted by molar-refractivity contribution is 0.0950. The first-order valence-electron chi connectivity index (χ1n) is 5.26. The summed E-state index contributed by atoms with van der Waals surface area (Å²) in [6.07, 6.45) is 5.05. The molecule has 92 valence electrons. The molecular formula is C12H11BrN4O. The van der Waals surface area contributed by atoms with E-state index in [1.54, 1.807) is 24.7 Å². The standard InChI is InChI=1S/C12H11BrN4O/c1-8(9-2-4-14-5-3-9)16-17-12(18)11-6-10(13)7-15-11/h2-7,15H,1H3,(H,17,18)/b16-8-. The normalized spacial score (nSPS) is 11.3. The summed E-state index contributed by atoms with van der Waals surface area (Å²) in [5.74, 6) is -0.283. The number of amides is 1. The van der Waals surface area contributed by atoms with Gasteiger partial charge in [0, 0.05) is 28.6 Å². The van der Waals surface area contributed by atoms with E-state index in [1.165, 1.54) is 0 Å². The van der Waals surface area contributed by atoms with Crippen molar-refractivity contribution in [3.8, 4) is 0 Å². The topological polar surface area (TPSA) is 70.1 Å². The molecular weight excluding hydrogens is 296 g/mol. The SMILES string of the molecule is C/C(=N/NC(=O)c1cc(Br)c[nH]1)c1ccncc1. The number of rotatable bonds is 3. The van der Waals surface area contributed by atoms with E-state index >= 15 is 0 Å². The van der Waals surface area contributed by atoms with Crippen molar-refractivity contribution in [3.05, 3.63) is 52.5 Å². The van der Waals surface area contributed by atoms with Crippen molar-refractivity contribution in [2.24, 2.45) is 5.10 Å². The summed E-state index contributed by atoms with van der Waals surface area (Å²) in [6.45, 7) is 1.82. The number of hydrogen-bond donors (Lipinski definition) is 2. The van der Waals surface area contributed by atoms with Gasteiger partial charge >= 0.3 is 0 Å². The molecule has 0 aliphatic rings. The minimum Gasteiger partial charge on any atom is -0.356 e. The Morgan fingerprint density at radius 1 is 1.44 bits per heavy atom. The smallest absolute Gasteiger partial charge is 0.287 e. The van der Waals surface area contributed by atoms with Crippen LogP contribution < -0.4 is 5.43 Å². The molecule has 0 aromatic carbocycles. The number of aromatic amines is 1. The molecule has 2 rings (SSSR count). The lowest BCUT2D eigenvalue weighted by atomic mass is 10.2. The Bertz CT molecular complexity index is 577. The third-order valence-electron chi connectivity index (χ3n) is 2.32. The molecule has 5 nitrogen and oxygen atoms in total. The Labute approximate surface area is 112 Å². The van der Waals surface area contributed by atoms with Crippen LogP contribution in [0.1, 0.15) is 23.0 Å². The maximum Gasteiger partial charge on any atom is 0.287 e. The van der Waals surface area contributed by atoms with Crippen LogP contribution in [-0.4, -0.2) is 21.6 Å². The quantitative estimate of drug-likeness (QED) is 0.675. The van der Waals surface area contributed by atoms with E-state index < -0.39 is 0 Å². The first-order chi connectivity index (χ1) is 8.66. The number of carbonyl (C=O) groups excluding carboxylic acids is 1. The summed E-state index contributed by atoms with van der Waals surface area (Å²) in [6, 6.07) is 5.35. The number of aromatic nitrogens is 2. The molecule has 2 N–H and O–H groups in total. The van der Waals surface area contributed by atoms with E-state index in [-0.39, 0.29) is 5.91 Å². The van der Waals surface area contributed by atoms with Gasteiger partial charge in [-0.25, -0.2) is 5.43 Å². The lowest BCUT2D eigenvalue weighted by Gasteiger charge is -2.01. The maximum atomic E-state index is 11.7. The number of H-pyrrole nitrogens is 1. The Morgan fingerprint density at radius 2 is 2.17 bits per heavy atom. The summed E-state index contributed by atoms with van der Waals surface area (Å²) in [4.78, 5) is 18.5. The highest BCUT2D eigenvalue weighted by molar-refractivity contribution is 9.10. The monoisotopic (exact) mass is 306 g/mol. The van der Waals surface area contributed by atoms with Gasteiger partial charge in [0.2, 0.25) is 0 Å². The van der Waals surface area contributed by atoms with E-state index in [0.717, 1.165) is 15.7 Å². The molecule has 0 atom stereocenters. The predicted molar refractivity (Wildman–Crippen MR) is 72.4 cm³/mol. The Balaban J connectivity index is 2.05. The zero-order chi connectivity index (χ0) is 13.0. The third-order valence-corrected chi connectivity index (χ3v) is 2.77. The molecule has 0 aliphatic heterocycles. The average molecular weight is 307 g/mol. The van der Waals surface area contributed by atoms with Crippen molar-refractivity contribution >= 4 is 27.5 Å². The Hall–Kier alpha value is -1.95. The molecule has 2 heterocycles. The van der Waals surface area contributed by atoms with Crippen molar-refractivity contribution in [3.63, 3.8) is 0 Å². The van der Waals surface area contributed by atoms with Crippen molar-refractivity contribution in [1.29, 1.82) is 0 Å². The fourth-order valence-corrected chi connectivity index (χ4v) is 1.69.